The normalized spacial score (nSPS) is 17.4. The average molecular weight is 848 g/mol. The van der Waals surface area contributed by atoms with Gasteiger partial charge in [0.2, 0.25) is 11.8 Å². The maximum atomic E-state index is 13.5. The van der Waals surface area contributed by atoms with Crippen LogP contribution < -0.4 is 10.6 Å². The summed E-state index contributed by atoms with van der Waals surface area (Å²) >= 11 is 3.11. The average Bonchev–Trinajstić information content (AvgIpc) is 4.01. The minimum Gasteiger partial charge on any atom is -0.453 e. The molecule has 0 bridgehead atoms. The van der Waals surface area contributed by atoms with Gasteiger partial charge in [-0.2, -0.15) is 0 Å². The van der Waals surface area contributed by atoms with Crippen molar-refractivity contribution in [1.29, 1.82) is 0 Å². The number of nitrogens with one attached hydrogen (secondary N) is 4. The number of halogens is 2. The molecule has 4 amide bonds. The molecule has 302 valence electrons. The summed E-state index contributed by atoms with van der Waals surface area (Å²) in [6.45, 7) is 8.76. The van der Waals surface area contributed by atoms with E-state index >= 15 is 0 Å². The van der Waals surface area contributed by atoms with Crippen LogP contribution in [0.1, 0.15) is 86.9 Å². The van der Waals surface area contributed by atoms with Gasteiger partial charge in [-0.15, -0.1) is 47.5 Å². The molecule has 2 aliphatic heterocycles. The number of carbonyl (C=O) groups excluding carboxylic acids is 4. The zero-order valence-corrected chi connectivity index (χ0v) is 35.3. The third kappa shape index (κ3) is 9.87. The van der Waals surface area contributed by atoms with Crippen molar-refractivity contribution in [2.24, 2.45) is 11.8 Å². The highest BCUT2D eigenvalue weighted by Gasteiger charge is 2.39. The number of hydrogen-bond acceptors (Lipinski definition) is 10. The van der Waals surface area contributed by atoms with E-state index in [0.29, 0.717) is 24.7 Å². The number of methoxy groups -OCH3 is 2. The van der Waals surface area contributed by atoms with Crippen LogP contribution in [0, 0.1) is 23.7 Å². The van der Waals surface area contributed by atoms with E-state index in [1.807, 2.05) is 52.0 Å². The van der Waals surface area contributed by atoms with Gasteiger partial charge < -0.3 is 39.9 Å². The number of aromatic nitrogens is 4. The largest absolute Gasteiger partial charge is 0.453 e. The molecule has 2 saturated heterocycles. The van der Waals surface area contributed by atoms with Crippen molar-refractivity contribution in [2.75, 3.05) is 27.3 Å². The Bertz CT molecular complexity index is 1910. The van der Waals surface area contributed by atoms with E-state index in [2.05, 4.69) is 42.4 Å². The molecular formula is C38H48Cl2N8O6S2. The Labute approximate surface area is 346 Å². The summed E-state index contributed by atoms with van der Waals surface area (Å²) in [6, 6.07) is 6.19. The summed E-state index contributed by atoms with van der Waals surface area (Å²) in [5.74, 6) is 7.50. The van der Waals surface area contributed by atoms with Crippen LogP contribution in [-0.2, 0) is 19.1 Å². The SMILES string of the molecule is COC(=O)NC(C(=O)N1CCC[C@H]1c1ncc(-c2ccc(C#Cc3ccc(-c4cnc([C@@H]5CCCN5C(=O)[C@@H](NC(=O)OC)C(C)C)[nH]4)s3)s2)[nH]1)C(C)C.Cl.Cl. The van der Waals surface area contributed by atoms with Crippen LogP contribution in [0.2, 0.25) is 0 Å². The number of ether oxygens (including phenoxy) is 2. The first-order valence-corrected chi connectivity index (χ1v) is 19.7. The van der Waals surface area contributed by atoms with Crippen LogP contribution in [0.25, 0.3) is 21.1 Å². The van der Waals surface area contributed by atoms with E-state index in [1.165, 1.54) is 14.2 Å². The van der Waals surface area contributed by atoms with Crippen molar-refractivity contribution >= 4 is 71.5 Å². The summed E-state index contributed by atoms with van der Waals surface area (Å²) in [6.07, 6.45) is 5.57. The number of thiophene rings is 2. The number of likely N-dealkylation sites (tertiary alicyclic amines) is 2. The summed E-state index contributed by atoms with van der Waals surface area (Å²) in [7, 11) is 2.57. The van der Waals surface area contributed by atoms with Gasteiger partial charge in [0.15, 0.2) is 0 Å². The molecule has 6 rings (SSSR count). The second-order valence-electron chi connectivity index (χ2n) is 14.0. The minimum atomic E-state index is -0.690. The predicted molar refractivity (Wildman–Crippen MR) is 220 cm³/mol. The van der Waals surface area contributed by atoms with Crippen LogP contribution in [0.5, 0.6) is 0 Å². The zero-order valence-electron chi connectivity index (χ0n) is 32.0. The van der Waals surface area contributed by atoms with Gasteiger partial charge in [-0.05, 0) is 73.6 Å². The van der Waals surface area contributed by atoms with E-state index in [1.54, 1.807) is 44.9 Å². The van der Waals surface area contributed by atoms with Crippen molar-refractivity contribution in [1.82, 2.24) is 40.4 Å². The van der Waals surface area contributed by atoms with E-state index < -0.39 is 24.3 Å². The molecule has 0 aromatic carbocycles. The lowest BCUT2D eigenvalue weighted by Crippen LogP contribution is -2.51. The van der Waals surface area contributed by atoms with Crippen LogP contribution >= 0.6 is 47.5 Å². The summed E-state index contributed by atoms with van der Waals surface area (Å²) in [4.78, 5) is 74.4. The standard InChI is InChI=1S/C38H46N8O6S2.2ClH/c1-21(2)31(43-37(49)51-5)35(47)45-17-7-9-27(45)33-39-19-25(41-33)29-15-13-23(53-29)11-12-24-14-16-30(54-24)26-20-40-34(42-26)28-10-8-18-46(28)36(48)32(22(3)4)44-38(50)52-6;;/h13-16,19-22,27-28,31-32H,7-10,17-18H2,1-6H3,(H,39,41)(H,40,42)(H,43,49)(H,44,50);2*1H/t27-,28-,31-,32?;;/m0../s1. The van der Waals surface area contributed by atoms with Crippen LogP contribution in [0.4, 0.5) is 9.59 Å². The highest BCUT2D eigenvalue weighted by atomic mass is 35.5. The minimum absolute atomic E-state index is 0. The van der Waals surface area contributed by atoms with Gasteiger partial charge in [-0.1, -0.05) is 27.7 Å². The van der Waals surface area contributed by atoms with Gasteiger partial charge in [0, 0.05) is 13.1 Å². The molecule has 0 aliphatic carbocycles. The first-order chi connectivity index (χ1) is 26.0. The van der Waals surface area contributed by atoms with Gasteiger partial charge in [-0.3, -0.25) is 9.59 Å². The lowest BCUT2D eigenvalue weighted by molar-refractivity contribution is -0.136. The highest BCUT2D eigenvalue weighted by Crippen LogP contribution is 2.36. The van der Waals surface area contributed by atoms with Crippen LogP contribution in [0.3, 0.4) is 0 Å². The second-order valence-corrected chi connectivity index (χ2v) is 16.2. The fourth-order valence-electron chi connectivity index (χ4n) is 6.87. The molecular weight excluding hydrogens is 800 g/mol. The zero-order chi connectivity index (χ0) is 38.5. The molecule has 4 atom stereocenters. The van der Waals surface area contributed by atoms with Crippen molar-refractivity contribution in [2.45, 2.75) is 77.5 Å². The summed E-state index contributed by atoms with van der Waals surface area (Å²) in [5, 5.41) is 5.37. The lowest BCUT2D eigenvalue weighted by atomic mass is 10.0. The number of hydrogen-bond donors (Lipinski definition) is 4. The molecule has 0 radical (unpaired) electrons. The van der Waals surface area contributed by atoms with Gasteiger partial charge in [0.25, 0.3) is 0 Å². The molecule has 1 unspecified atom stereocenters. The Morgan fingerprint density at radius 2 is 1.11 bits per heavy atom. The van der Waals surface area contributed by atoms with Gasteiger partial charge in [-0.25, -0.2) is 19.6 Å². The number of nitrogens with zero attached hydrogens (tertiary/aromatic N) is 4. The second kappa shape index (κ2) is 19.5. The Kier molecular flexibility index (Phi) is 15.4. The van der Waals surface area contributed by atoms with E-state index in [0.717, 1.165) is 56.6 Å². The van der Waals surface area contributed by atoms with Gasteiger partial charge in [0.1, 0.15) is 23.7 Å². The Balaban J connectivity index is 0.00000348. The third-order valence-corrected chi connectivity index (χ3v) is 11.8. The monoisotopic (exact) mass is 846 g/mol. The number of carbonyl (C=O) groups is 4. The third-order valence-electron chi connectivity index (χ3n) is 9.73. The molecule has 2 aliphatic rings. The fraction of sp³-hybridized carbons (Fsp3) is 0.474. The number of imidazole rings is 2. The first-order valence-electron chi connectivity index (χ1n) is 18.1. The molecule has 4 aromatic rings. The number of rotatable bonds is 10. The Morgan fingerprint density at radius 3 is 1.46 bits per heavy atom. The lowest BCUT2D eigenvalue weighted by Gasteiger charge is -2.30. The maximum absolute atomic E-state index is 13.5. The van der Waals surface area contributed by atoms with Crippen molar-refractivity contribution in [3.05, 3.63) is 58.1 Å². The maximum Gasteiger partial charge on any atom is 0.407 e. The summed E-state index contributed by atoms with van der Waals surface area (Å²) < 4.78 is 9.49. The van der Waals surface area contributed by atoms with Crippen LogP contribution in [0.15, 0.2) is 36.7 Å². The number of alkyl carbamates (subject to hydrolysis) is 2. The van der Waals surface area contributed by atoms with Crippen LogP contribution in [-0.4, -0.2) is 93.1 Å². The van der Waals surface area contributed by atoms with Gasteiger partial charge in [0.05, 0.1) is 69.6 Å². The topological polar surface area (TPSA) is 175 Å². The molecule has 18 heteroatoms. The molecule has 14 nitrogen and oxygen atoms in total. The smallest absolute Gasteiger partial charge is 0.407 e. The number of H-pyrrole nitrogens is 2. The Hall–Kier alpha value is -4.56. The summed E-state index contributed by atoms with van der Waals surface area (Å²) in [5.41, 5.74) is 1.71. The Morgan fingerprint density at radius 1 is 0.714 bits per heavy atom. The van der Waals surface area contributed by atoms with E-state index in [-0.39, 0.29) is 60.5 Å². The quantitative estimate of drug-likeness (QED) is 0.125. The molecule has 6 heterocycles. The molecule has 4 aromatic heterocycles. The number of amides is 4. The highest BCUT2D eigenvalue weighted by molar-refractivity contribution is 7.16. The number of aromatic amines is 2. The fourth-order valence-corrected chi connectivity index (χ4v) is 8.52. The molecule has 56 heavy (non-hydrogen) atoms. The molecule has 0 saturated carbocycles. The van der Waals surface area contributed by atoms with E-state index in [4.69, 9.17) is 9.47 Å². The van der Waals surface area contributed by atoms with Crippen molar-refractivity contribution in [3.8, 4) is 33.0 Å². The van der Waals surface area contributed by atoms with Crippen molar-refractivity contribution < 1.29 is 28.7 Å². The predicted octanol–water partition coefficient (Wildman–Crippen LogP) is 6.92. The molecule has 4 N–H and O–H groups in total. The van der Waals surface area contributed by atoms with Crippen molar-refractivity contribution in [3.63, 3.8) is 0 Å². The first kappa shape index (κ1) is 44.2. The van der Waals surface area contributed by atoms with E-state index in [9.17, 15) is 19.2 Å². The molecule has 2 fully saturated rings. The molecule has 0 spiro atoms. The van der Waals surface area contributed by atoms with Gasteiger partial charge >= 0.3 is 12.2 Å².